The number of likely N-dealkylation sites (tertiary alicyclic amines) is 1. The van der Waals surface area contributed by atoms with Gasteiger partial charge in [0.2, 0.25) is 0 Å². The minimum atomic E-state index is 0.393. The molecule has 0 aliphatic carbocycles. The molecule has 0 amide bonds. The Morgan fingerprint density at radius 2 is 2.38 bits per heavy atom. The van der Waals surface area contributed by atoms with E-state index in [4.69, 9.17) is 5.73 Å². The number of aryl methyl sites for hydroxylation is 1. The van der Waals surface area contributed by atoms with E-state index >= 15 is 0 Å². The lowest BCUT2D eigenvalue weighted by Gasteiger charge is -2.34. The molecule has 4 nitrogen and oxygen atoms in total. The fourth-order valence-electron chi connectivity index (χ4n) is 2.35. The Morgan fingerprint density at radius 3 is 3.00 bits per heavy atom. The molecule has 0 spiro atoms. The first-order valence-corrected chi connectivity index (χ1v) is 6.11. The van der Waals surface area contributed by atoms with Crippen LogP contribution >= 0.6 is 0 Å². The third kappa shape index (κ3) is 2.62. The van der Waals surface area contributed by atoms with E-state index in [0.29, 0.717) is 12.0 Å². The zero-order chi connectivity index (χ0) is 11.5. The first-order valence-electron chi connectivity index (χ1n) is 6.11. The molecule has 0 radical (unpaired) electrons. The van der Waals surface area contributed by atoms with Gasteiger partial charge in [-0.1, -0.05) is 6.92 Å². The van der Waals surface area contributed by atoms with Crippen molar-refractivity contribution in [1.29, 1.82) is 0 Å². The van der Waals surface area contributed by atoms with E-state index < -0.39 is 0 Å². The van der Waals surface area contributed by atoms with E-state index in [-0.39, 0.29) is 0 Å². The molecule has 2 rings (SSSR count). The van der Waals surface area contributed by atoms with Gasteiger partial charge < -0.3 is 15.2 Å². The molecular formula is C12H22N4. The van der Waals surface area contributed by atoms with Gasteiger partial charge in [-0.05, 0) is 18.9 Å². The quantitative estimate of drug-likeness (QED) is 0.816. The van der Waals surface area contributed by atoms with Crippen LogP contribution in [0.5, 0.6) is 0 Å². The lowest BCUT2D eigenvalue weighted by atomic mass is 9.95. The summed E-state index contributed by atoms with van der Waals surface area (Å²) in [5.74, 6) is 1.79. The van der Waals surface area contributed by atoms with E-state index in [2.05, 4.69) is 28.4 Å². The second kappa shape index (κ2) is 4.97. The van der Waals surface area contributed by atoms with Crippen LogP contribution in [0.15, 0.2) is 12.4 Å². The van der Waals surface area contributed by atoms with Gasteiger partial charge in [-0.15, -0.1) is 0 Å². The Kier molecular flexibility index (Phi) is 3.61. The van der Waals surface area contributed by atoms with Gasteiger partial charge in [-0.25, -0.2) is 4.98 Å². The van der Waals surface area contributed by atoms with Crippen molar-refractivity contribution >= 4 is 0 Å². The summed E-state index contributed by atoms with van der Waals surface area (Å²) >= 11 is 0. The monoisotopic (exact) mass is 222 g/mol. The zero-order valence-electron chi connectivity index (χ0n) is 10.3. The lowest BCUT2D eigenvalue weighted by molar-refractivity contribution is 0.165. The number of rotatable bonds is 3. The van der Waals surface area contributed by atoms with Crippen LogP contribution in [0.2, 0.25) is 0 Å². The van der Waals surface area contributed by atoms with Crippen molar-refractivity contribution in [2.24, 2.45) is 18.7 Å². The van der Waals surface area contributed by atoms with E-state index in [1.807, 2.05) is 12.4 Å². The van der Waals surface area contributed by atoms with Crippen LogP contribution in [0.25, 0.3) is 0 Å². The van der Waals surface area contributed by atoms with Gasteiger partial charge in [-0.2, -0.15) is 0 Å². The van der Waals surface area contributed by atoms with Crippen molar-refractivity contribution in [2.45, 2.75) is 25.8 Å². The molecule has 2 atom stereocenters. The smallest absolute Gasteiger partial charge is 0.109 e. The Balaban J connectivity index is 1.81. The van der Waals surface area contributed by atoms with Crippen LogP contribution in [0.4, 0.5) is 0 Å². The third-order valence-electron chi connectivity index (χ3n) is 3.63. The van der Waals surface area contributed by atoms with Gasteiger partial charge in [0, 0.05) is 45.0 Å². The van der Waals surface area contributed by atoms with E-state index in [1.54, 1.807) is 0 Å². The maximum atomic E-state index is 6.01. The minimum Gasteiger partial charge on any atom is -0.338 e. The van der Waals surface area contributed by atoms with Gasteiger partial charge >= 0.3 is 0 Å². The fraction of sp³-hybridized carbons (Fsp3) is 0.750. The summed E-state index contributed by atoms with van der Waals surface area (Å²) < 4.78 is 2.10. The second-order valence-corrected chi connectivity index (χ2v) is 4.93. The molecular weight excluding hydrogens is 200 g/mol. The average molecular weight is 222 g/mol. The van der Waals surface area contributed by atoms with Crippen LogP contribution in [0.3, 0.4) is 0 Å². The number of hydrogen-bond donors (Lipinski definition) is 1. The molecule has 1 saturated heterocycles. The molecule has 1 aromatic heterocycles. The van der Waals surface area contributed by atoms with Crippen molar-refractivity contribution in [3.63, 3.8) is 0 Å². The minimum absolute atomic E-state index is 0.393. The number of nitrogens with two attached hydrogens (primary N) is 1. The van der Waals surface area contributed by atoms with E-state index in [9.17, 15) is 0 Å². The van der Waals surface area contributed by atoms with Crippen LogP contribution in [-0.4, -0.2) is 40.1 Å². The first-order chi connectivity index (χ1) is 7.66. The Labute approximate surface area is 97.4 Å². The number of aromatic nitrogens is 2. The first kappa shape index (κ1) is 11.6. The van der Waals surface area contributed by atoms with Crippen molar-refractivity contribution in [2.75, 3.05) is 19.6 Å². The van der Waals surface area contributed by atoms with Crippen molar-refractivity contribution < 1.29 is 0 Å². The van der Waals surface area contributed by atoms with E-state index in [1.165, 1.54) is 5.82 Å². The summed E-state index contributed by atoms with van der Waals surface area (Å²) in [6.07, 6.45) is 6.03. The molecule has 16 heavy (non-hydrogen) atoms. The van der Waals surface area contributed by atoms with Gasteiger partial charge in [0.1, 0.15) is 5.82 Å². The van der Waals surface area contributed by atoms with Crippen molar-refractivity contribution in [3.8, 4) is 0 Å². The standard InChI is InChI=1S/C12H22N4/c1-10-9-16(6-3-11(10)13)7-4-12-14-5-8-15(12)2/h5,8,10-11H,3-4,6-7,9,13H2,1-2H3. The normalized spacial score (nSPS) is 27.2. The van der Waals surface area contributed by atoms with Gasteiger partial charge in [0.15, 0.2) is 0 Å². The largest absolute Gasteiger partial charge is 0.338 e. The van der Waals surface area contributed by atoms with Gasteiger partial charge in [0.25, 0.3) is 0 Å². The molecule has 2 heterocycles. The molecule has 0 aromatic carbocycles. The van der Waals surface area contributed by atoms with Gasteiger partial charge in [0.05, 0.1) is 0 Å². The highest BCUT2D eigenvalue weighted by atomic mass is 15.1. The molecule has 90 valence electrons. The maximum Gasteiger partial charge on any atom is 0.109 e. The molecule has 2 N–H and O–H groups in total. The highest BCUT2D eigenvalue weighted by molar-refractivity contribution is 4.92. The predicted molar refractivity (Wildman–Crippen MR) is 65.1 cm³/mol. The van der Waals surface area contributed by atoms with Crippen molar-refractivity contribution in [3.05, 3.63) is 18.2 Å². The zero-order valence-corrected chi connectivity index (χ0v) is 10.3. The summed E-state index contributed by atoms with van der Waals surface area (Å²) in [5, 5.41) is 0. The van der Waals surface area contributed by atoms with Gasteiger partial charge in [-0.3, -0.25) is 0 Å². The highest BCUT2D eigenvalue weighted by Gasteiger charge is 2.22. The number of hydrogen-bond acceptors (Lipinski definition) is 3. The lowest BCUT2D eigenvalue weighted by Crippen LogP contribution is -2.46. The fourth-order valence-corrected chi connectivity index (χ4v) is 2.35. The summed E-state index contributed by atoms with van der Waals surface area (Å²) in [6, 6.07) is 0.393. The summed E-state index contributed by atoms with van der Waals surface area (Å²) in [4.78, 5) is 6.85. The summed E-state index contributed by atoms with van der Waals surface area (Å²) in [5.41, 5.74) is 6.01. The maximum absolute atomic E-state index is 6.01. The molecule has 4 heteroatoms. The molecule has 1 fully saturated rings. The van der Waals surface area contributed by atoms with E-state index in [0.717, 1.165) is 32.5 Å². The predicted octanol–water partition coefficient (Wildman–Crippen LogP) is 0.632. The highest BCUT2D eigenvalue weighted by Crippen LogP contribution is 2.14. The number of piperidine rings is 1. The third-order valence-corrected chi connectivity index (χ3v) is 3.63. The molecule has 2 unspecified atom stereocenters. The molecule has 1 aliphatic rings. The molecule has 1 aliphatic heterocycles. The molecule has 0 bridgehead atoms. The second-order valence-electron chi connectivity index (χ2n) is 4.93. The molecule has 0 saturated carbocycles. The van der Waals surface area contributed by atoms with Crippen LogP contribution in [0.1, 0.15) is 19.2 Å². The Bertz CT molecular complexity index is 334. The van der Waals surface area contributed by atoms with Crippen LogP contribution in [-0.2, 0) is 13.5 Å². The molecule has 1 aromatic rings. The van der Waals surface area contributed by atoms with Crippen LogP contribution < -0.4 is 5.73 Å². The Morgan fingerprint density at radius 1 is 1.56 bits per heavy atom. The number of nitrogens with zero attached hydrogens (tertiary/aromatic N) is 3. The number of imidazole rings is 1. The summed E-state index contributed by atoms with van der Waals surface area (Å²) in [7, 11) is 2.05. The average Bonchev–Trinajstić information content (AvgIpc) is 2.66. The summed E-state index contributed by atoms with van der Waals surface area (Å²) in [6.45, 7) is 5.61. The van der Waals surface area contributed by atoms with Crippen LogP contribution in [0, 0.1) is 5.92 Å². The van der Waals surface area contributed by atoms with Crippen molar-refractivity contribution in [1.82, 2.24) is 14.5 Å². The SMILES string of the molecule is CC1CN(CCc2nccn2C)CCC1N. The topological polar surface area (TPSA) is 47.1 Å². The Hall–Kier alpha value is -0.870.